The van der Waals surface area contributed by atoms with Gasteiger partial charge in [0.15, 0.2) is 0 Å². The summed E-state index contributed by atoms with van der Waals surface area (Å²) >= 11 is 0. The summed E-state index contributed by atoms with van der Waals surface area (Å²) in [6, 6.07) is 12.5. The predicted octanol–water partition coefficient (Wildman–Crippen LogP) is 3.08. The third-order valence-corrected chi connectivity index (χ3v) is 7.86. The number of morpholine rings is 1. The van der Waals surface area contributed by atoms with E-state index in [2.05, 4.69) is 23.5 Å². The normalized spacial score (nSPS) is 18.4. The Bertz CT molecular complexity index is 1010. The van der Waals surface area contributed by atoms with Gasteiger partial charge in [-0.25, -0.2) is 8.42 Å². The molecule has 1 fully saturated rings. The molecule has 0 unspecified atom stereocenters. The maximum atomic E-state index is 12.7. The standard InChI is InChI=1S/C23H28N2O4S/c1-17(20-7-6-18-4-2-3-5-21(18)16-20)24-23(26)19-8-10-22(11-9-19)30(27,28)25-12-14-29-15-13-25/h6-11,16-17H,2-5,12-15H2,1H3,(H,24,26)/t17-/m1/s1. The van der Waals surface area contributed by atoms with E-state index in [1.165, 1.54) is 40.4 Å². The summed E-state index contributed by atoms with van der Waals surface area (Å²) in [6.07, 6.45) is 4.70. The lowest BCUT2D eigenvalue weighted by molar-refractivity contribution is 0.0730. The van der Waals surface area contributed by atoms with Gasteiger partial charge >= 0.3 is 0 Å². The number of amides is 1. The second-order valence-electron chi connectivity index (χ2n) is 7.97. The quantitative estimate of drug-likeness (QED) is 0.794. The highest BCUT2D eigenvalue weighted by Crippen LogP contribution is 2.25. The van der Waals surface area contributed by atoms with Crippen LogP contribution in [0.4, 0.5) is 0 Å². The molecule has 1 N–H and O–H groups in total. The van der Waals surface area contributed by atoms with Crippen molar-refractivity contribution in [2.75, 3.05) is 26.3 Å². The molecule has 7 heteroatoms. The summed E-state index contributed by atoms with van der Waals surface area (Å²) in [5.41, 5.74) is 4.34. The summed E-state index contributed by atoms with van der Waals surface area (Å²) in [7, 11) is -3.56. The molecule has 0 bridgehead atoms. The molecule has 1 amide bonds. The minimum absolute atomic E-state index is 0.124. The van der Waals surface area contributed by atoms with Crippen LogP contribution >= 0.6 is 0 Å². The van der Waals surface area contributed by atoms with Gasteiger partial charge in [0.25, 0.3) is 5.91 Å². The highest BCUT2D eigenvalue weighted by molar-refractivity contribution is 7.89. The van der Waals surface area contributed by atoms with Crippen molar-refractivity contribution in [1.29, 1.82) is 0 Å². The molecule has 0 aromatic heterocycles. The first-order chi connectivity index (χ1) is 14.4. The first-order valence-electron chi connectivity index (χ1n) is 10.6. The van der Waals surface area contributed by atoms with E-state index in [1.54, 1.807) is 12.1 Å². The van der Waals surface area contributed by atoms with Crippen molar-refractivity contribution in [3.8, 4) is 0 Å². The minimum Gasteiger partial charge on any atom is -0.379 e. The first kappa shape index (κ1) is 21.0. The monoisotopic (exact) mass is 428 g/mol. The largest absolute Gasteiger partial charge is 0.379 e. The number of nitrogens with one attached hydrogen (secondary N) is 1. The van der Waals surface area contributed by atoms with Gasteiger partial charge < -0.3 is 10.1 Å². The first-order valence-corrected chi connectivity index (χ1v) is 12.0. The Labute approximate surface area is 178 Å². The van der Waals surface area contributed by atoms with Crippen molar-refractivity contribution in [2.24, 2.45) is 0 Å². The molecule has 0 spiro atoms. The molecule has 1 atom stereocenters. The number of hydrogen-bond donors (Lipinski definition) is 1. The number of carbonyl (C=O) groups is 1. The molecule has 0 radical (unpaired) electrons. The highest BCUT2D eigenvalue weighted by atomic mass is 32.2. The Kier molecular flexibility index (Phi) is 6.22. The van der Waals surface area contributed by atoms with Crippen molar-refractivity contribution in [1.82, 2.24) is 9.62 Å². The number of ether oxygens (including phenoxy) is 1. The summed E-state index contributed by atoms with van der Waals surface area (Å²) in [5.74, 6) is -0.212. The summed E-state index contributed by atoms with van der Waals surface area (Å²) < 4.78 is 32.1. The molecule has 1 heterocycles. The van der Waals surface area contributed by atoms with Crippen LogP contribution in [0.1, 0.15) is 52.9 Å². The predicted molar refractivity (Wildman–Crippen MR) is 115 cm³/mol. The van der Waals surface area contributed by atoms with Crippen molar-refractivity contribution in [3.05, 3.63) is 64.7 Å². The van der Waals surface area contributed by atoms with Gasteiger partial charge in [-0.2, -0.15) is 4.31 Å². The Morgan fingerprint density at radius 2 is 1.67 bits per heavy atom. The van der Waals surface area contributed by atoms with Crippen LogP contribution in [0.3, 0.4) is 0 Å². The lowest BCUT2D eigenvalue weighted by atomic mass is 9.89. The zero-order chi connectivity index (χ0) is 21.1. The molecule has 2 aliphatic rings. The van der Waals surface area contributed by atoms with E-state index in [0.717, 1.165) is 18.4 Å². The number of carbonyl (C=O) groups excluding carboxylic acids is 1. The Hall–Kier alpha value is -2.22. The van der Waals surface area contributed by atoms with Gasteiger partial charge in [-0.1, -0.05) is 18.2 Å². The van der Waals surface area contributed by atoms with Crippen LogP contribution in [-0.2, 0) is 27.6 Å². The summed E-state index contributed by atoms with van der Waals surface area (Å²) in [6.45, 7) is 3.48. The van der Waals surface area contributed by atoms with Crippen LogP contribution in [-0.4, -0.2) is 44.9 Å². The van der Waals surface area contributed by atoms with E-state index in [-0.39, 0.29) is 16.8 Å². The van der Waals surface area contributed by atoms with Gasteiger partial charge in [0, 0.05) is 18.7 Å². The van der Waals surface area contributed by atoms with Gasteiger partial charge in [0.05, 0.1) is 24.2 Å². The fourth-order valence-corrected chi connectivity index (χ4v) is 5.51. The molecule has 4 rings (SSSR count). The van der Waals surface area contributed by atoms with Crippen LogP contribution in [0, 0.1) is 0 Å². The zero-order valence-electron chi connectivity index (χ0n) is 17.3. The van der Waals surface area contributed by atoms with E-state index < -0.39 is 10.0 Å². The van der Waals surface area contributed by atoms with Crippen LogP contribution in [0.15, 0.2) is 47.4 Å². The van der Waals surface area contributed by atoms with Crippen LogP contribution in [0.25, 0.3) is 0 Å². The van der Waals surface area contributed by atoms with Crippen molar-refractivity contribution in [2.45, 2.75) is 43.5 Å². The number of fused-ring (bicyclic) bond motifs is 1. The SMILES string of the molecule is C[C@@H](NC(=O)c1ccc(S(=O)(=O)N2CCOCC2)cc1)c1ccc2c(c1)CCCC2. The molecule has 1 aliphatic heterocycles. The van der Waals surface area contributed by atoms with Crippen LogP contribution in [0.2, 0.25) is 0 Å². The molecule has 2 aromatic rings. The van der Waals surface area contributed by atoms with E-state index >= 15 is 0 Å². The number of sulfonamides is 1. The number of nitrogens with zero attached hydrogens (tertiary/aromatic N) is 1. The van der Waals surface area contributed by atoms with Crippen LogP contribution < -0.4 is 5.32 Å². The molecule has 2 aromatic carbocycles. The molecule has 1 saturated heterocycles. The second-order valence-corrected chi connectivity index (χ2v) is 9.91. The van der Waals surface area contributed by atoms with Gasteiger partial charge in [-0.15, -0.1) is 0 Å². The molecular formula is C23H28N2O4S. The summed E-state index contributed by atoms with van der Waals surface area (Å²) in [5, 5.41) is 3.03. The van der Waals surface area contributed by atoms with E-state index in [4.69, 9.17) is 4.74 Å². The lowest BCUT2D eigenvalue weighted by Gasteiger charge is -2.26. The highest BCUT2D eigenvalue weighted by Gasteiger charge is 2.26. The van der Waals surface area contributed by atoms with E-state index in [1.807, 2.05) is 6.92 Å². The van der Waals surface area contributed by atoms with E-state index in [9.17, 15) is 13.2 Å². The third kappa shape index (κ3) is 4.43. The molecule has 6 nitrogen and oxygen atoms in total. The van der Waals surface area contributed by atoms with Crippen molar-refractivity contribution < 1.29 is 17.9 Å². The number of aryl methyl sites for hydroxylation is 2. The number of hydrogen-bond acceptors (Lipinski definition) is 4. The van der Waals surface area contributed by atoms with E-state index in [0.29, 0.717) is 31.9 Å². The maximum Gasteiger partial charge on any atom is 0.251 e. The minimum atomic E-state index is -3.56. The van der Waals surface area contributed by atoms with Crippen molar-refractivity contribution in [3.63, 3.8) is 0 Å². The topological polar surface area (TPSA) is 75.7 Å². The van der Waals surface area contributed by atoms with Crippen molar-refractivity contribution >= 4 is 15.9 Å². The smallest absolute Gasteiger partial charge is 0.251 e. The Balaban J connectivity index is 1.43. The van der Waals surface area contributed by atoms with Crippen LogP contribution in [0.5, 0.6) is 0 Å². The molecule has 1 aliphatic carbocycles. The molecular weight excluding hydrogens is 400 g/mol. The second kappa shape index (κ2) is 8.88. The Morgan fingerprint density at radius 3 is 2.37 bits per heavy atom. The van der Waals surface area contributed by atoms with Gasteiger partial charge in [-0.05, 0) is 73.6 Å². The molecule has 160 valence electrons. The lowest BCUT2D eigenvalue weighted by Crippen LogP contribution is -2.40. The number of benzene rings is 2. The van der Waals surface area contributed by atoms with Gasteiger partial charge in [0.2, 0.25) is 10.0 Å². The molecule has 30 heavy (non-hydrogen) atoms. The molecule has 0 saturated carbocycles. The van der Waals surface area contributed by atoms with Gasteiger partial charge in [0.1, 0.15) is 0 Å². The number of rotatable bonds is 5. The Morgan fingerprint density at radius 1 is 1.00 bits per heavy atom. The van der Waals surface area contributed by atoms with Gasteiger partial charge in [-0.3, -0.25) is 4.79 Å². The maximum absolute atomic E-state index is 12.7. The third-order valence-electron chi connectivity index (χ3n) is 5.94. The zero-order valence-corrected chi connectivity index (χ0v) is 18.1. The fraction of sp³-hybridized carbons (Fsp3) is 0.435. The average Bonchev–Trinajstić information content (AvgIpc) is 2.79. The fourth-order valence-electron chi connectivity index (χ4n) is 4.10. The summed E-state index contributed by atoms with van der Waals surface area (Å²) in [4.78, 5) is 12.9. The average molecular weight is 429 g/mol.